The van der Waals surface area contributed by atoms with Gasteiger partial charge in [0.15, 0.2) is 0 Å². The number of anilines is 1. The normalized spacial score (nSPS) is 9.80. The van der Waals surface area contributed by atoms with Crippen LogP contribution in [0.4, 0.5) is 5.69 Å². The third-order valence-corrected chi connectivity index (χ3v) is 3.10. The molecule has 1 N–H and O–H groups in total. The van der Waals surface area contributed by atoms with Crippen LogP contribution in [-0.4, -0.2) is 6.61 Å². The minimum absolute atomic E-state index is 0.307. The standard InChI is InChI=1S/C18H19NO/c1-3-13-20-18-11-7-16(8-12-18)14-19-17-9-5-15(4-2)6-10-17/h1,5-12,19H,4,13-14H2,2H3. The lowest BCUT2D eigenvalue weighted by atomic mass is 10.1. The van der Waals surface area contributed by atoms with E-state index in [1.54, 1.807) is 0 Å². The fourth-order valence-corrected chi connectivity index (χ4v) is 1.89. The lowest BCUT2D eigenvalue weighted by Gasteiger charge is -2.08. The Morgan fingerprint density at radius 2 is 1.65 bits per heavy atom. The van der Waals surface area contributed by atoms with Crippen molar-refractivity contribution in [2.75, 3.05) is 11.9 Å². The van der Waals surface area contributed by atoms with E-state index in [0.717, 1.165) is 24.4 Å². The fraction of sp³-hybridized carbons (Fsp3) is 0.222. The highest BCUT2D eigenvalue weighted by molar-refractivity contribution is 5.45. The van der Waals surface area contributed by atoms with E-state index in [9.17, 15) is 0 Å². The maximum absolute atomic E-state index is 5.34. The monoisotopic (exact) mass is 265 g/mol. The number of ether oxygens (including phenoxy) is 1. The largest absolute Gasteiger partial charge is 0.481 e. The summed E-state index contributed by atoms with van der Waals surface area (Å²) in [6.45, 7) is 3.26. The molecule has 0 saturated carbocycles. The van der Waals surface area contributed by atoms with Gasteiger partial charge in [-0.2, -0.15) is 0 Å². The van der Waals surface area contributed by atoms with Crippen LogP contribution in [0, 0.1) is 12.3 Å². The van der Waals surface area contributed by atoms with E-state index in [2.05, 4.69) is 42.4 Å². The summed E-state index contributed by atoms with van der Waals surface area (Å²) in [4.78, 5) is 0. The summed E-state index contributed by atoms with van der Waals surface area (Å²) in [5, 5.41) is 3.40. The molecule has 0 amide bonds. The maximum atomic E-state index is 5.34. The van der Waals surface area contributed by atoms with Crippen molar-refractivity contribution in [2.24, 2.45) is 0 Å². The molecule has 0 atom stereocenters. The Bertz CT molecular complexity index is 564. The molecule has 2 aromatic carbocycles. The molecule has 0 aromatic heterocycles. The summed E-state index contributed by atoms with van der Waals surface area (Å²) in [6, 6.07) is 16.5. The minimum Gasteiger partial charge on any atom is -0.481 e. The summed E-state index contributed by atoms with van der Waals surface area (Å²) in [5.74, 6) is 3.26. The quantitative estimate of drug-likeness (QED) is 0.800. The third-order valence-electron chi connectivity index (χ3n) is 3.10. The van der Waals surface area contributed by atoms with Crippen molar-refractivity contribution in [1.29, 1.82) is 0 Å². The topological polar surface area (TPSA) is 21.3 Å². The first-order chi connectivity index (χ1) is 9.81. The third kappa shape index (κ3) is 4.07. The van der Waals surface area contributed by atoms with Gasteiger partial charge in [0.2, 0.25) is 0 Å². The van der Waals surface area contributed by atoms with Crippen molar-refractivity contribution < 1.29 is 4.74 Å². The van der Waals surface area contributed by atoms with Crippen molar-refractivity contribution in [3.63, 3.8) is 0 Å². The first-order valence-electron chi connectivity index (χ1n) is 6.80. The molecule has 20 heavy (non-hydrogen) atoms. The molecule has 2 rings (SSSR count). The number of aryl methyl sites for hydroxylation is 1. The Hall–Kier alpha value is -2.40. The minimum atomic E-state index is 0.307. The molecule has 0 radical (unpaired) electrons. The molecule has 0 aliphatic rings. The second-order valence-corrected chi connectivity index (χ2v) is 4.54. The van der Waals surface area contributed by atoms with Gasteiger partial charge in [-0.1, -0.05) is 37.1 Å². The highest BCUT2D eigenvalue weighted by Gasteiger charge is 1.96. The van der Waals surface area contributed by atoms with Crippen LogP contribution in [0.15, 0.2) is 48.5 Å². The molecular formula is C18H19NO. The number of terminal acetylenes is 1. The maximum Gasteiger partial charge on any atom is 0.148 e. The molecule has 0 bridgehead atoms. The van der Waals surface area contributed by atoms with Crippen molar-refractivity contribution in [3.05, 3.63) is 59.7 Å². The Morgan fingerprint density at radius 1 is 1.00 bits per heavy atom. The molecule has 2 nitrogen and oxygen atoms in total. The molecule has 0 heterocycles. The second-order valence-electron chi connectivity index (χ2n) is 4.54. The van der Waals surface area contributed by atoms with Crippen LogP contribution in [0.25, 0.3) is 0 Å². The van der Waals surface area contributed by atoms with Gasteiger partial charge in [-0.3, -0.25) is 0 Å². The van der Waals surface area contributed by atoms with Crippen LogP contribution in [0.5, 0.6) is 5.75 Å². The number of benzene rings is 2. The lowest BCUT2D eigenvalue weighted by molar-refractivity contribution is 0.370. The van der Waals surface area contributed by atoms with Gasteiger partial charge in [-0.15, -0.1) is 6.42 Å². The van der Waals surface area contributed by atoms with Crippen molar-refractivity contribution in [3.8, 4) is 18.1 Å². The van der Waals surface area contributed by atoms with Crippen LogP contribution in [0.3, 0.4) is 0 Å². The zero-order chi connectivity index (χ0) is 14.2. The van der Waals surface area contributed by atoms with E-state index in [1.165, 1.54) is 11.1 Å². The lowest BCUT2D eigenvalue weighted by Crippen LogP contribution is -2.00. The van der Waals surface area contributed by atoms with E-state index >= 15 is 0 Å². The van der Waals surface area contributed by atoms with Gasteiger partial charge in [0.1, 0.15) is 12.4 Å². The number of rotatable bonds is 6. The summed E-state index contributed by atoms with van der Waals surface area (Å²) in [5.41, 5.74) is 3.69. The van der Waals surface area contributed by atoms with Crippen LogP contribution in [0.2, 0.25) is 0 Å². The smallest absolute Gasteiger partial charge is 0.148 e. The van der Waals surface area contributed by atoms with Gasteiger partial charge in [-0.25, -0.2) is 0 Å². The second kappa shape index (κ2) is 7.25. The highest BCUT2D eigenvalue weighted by Crippen LogP contribution is 2.15. The number of hydrogen-bond donors (Lipinski definition) is 1. The number of nitrogens with one attached hydrogen (secondary N) is 1. The van der Waals surface area contributed by atoms with Crippen LogP contribution >= 0.6 is 0 Å². The summed E-state index contributed by atoms with van der Waals surface area (Å²) >= 11 is 0. The first-order valence-corrected chi connectivity index (χ1v) is 6.80. The summed E-state index contributed by atoms with van der Waals surface area (Å²) in [7, 11) is 0. The van der Waals surface area contributed by atoms with Gasteiger partial charge in [0.05, 0.1) is 0 Å². The van der Waals surface area contributed by atoms with E-state index in [1.807, 2.05) is 24.3 Å². The van der Waals surface area contributed by atoms with E-state index in [-0.39, 0.29) is 0 Å². The fourth-order valence-electron chi connectivity index (χ4n) is 1.89. The molecule has 2 aromatic rings. The summed E-state index contributed by atoms with van der Waals surface area (Å²) in [6.07, 6.45) is 6.22. The van der Waals surface area contributed by atoms with E-state index < -0.39 is 0 Å². The average molecular weight is 265 g/mol. The van der Waals surface area contributed by atoms with Gasteiger partial charge in [0.25, 0.3) is 0 Å². The Balaban J connectivity index is 1.88. The Kier molecular flexibility index (Phi) is 5.08. The van der Waals surface area contributed by atoms with Gasteiger partial charge >= 0.3 is 0 Å². The highest BCUT2D eigenvalue weighted by atomic mass is 16.5. The van der Waals surface area contributed by atoms with Crippen molar-refractivity contribution in [2.45, 2.75) is 19.9 Å². The Labute approximate surface area is 120 Å². The molecule has 0 aliphatic heterocycles. The molecule has 0 spiro atoms. The zero-order valence-electron chi connectivity index (χ0n) is 11.7. The van der Waals surface area contributed by atoms with E-state index in [0.29, 0.717) is 6.61 Å². The molecule has 0 fully saturated rings. The molecule has 0 unspecified atom stereocenters. The predicted octanol–water partition coefficient (Wildman–Crippen LogP) is 3.87. The van der Waals surface area contributed by atoms with Gasteiger partial charge in [-0.05, 0) is 41.8 Å². The molecule has 102 valence electrons. The molecular weight excluding hydrogens is 246 g/mol. The van der Waals surface area contributed by atoms with Crippen molar-refractivity contribution in [1.82, 2.24) is 0 Å². The summed E-state index contributed by atoms with van der Waals surface area (Å²) < 4.78 is 5.34. The SMILES string of the molecule is C#CCOc1ccc(CNc2ccc(CC)cc2)cc1. The van der Waals surface area contributed by atoms with Gasteiger partial charge in [0, 0.05) is 12.2 Å². The van der Waals surface area contributed by atoms with E-state index in [4.69, 9.17) is 11.2 Å². The van der Waals surface area contributed by atoms with Gasteiger partial charge < -0.3 is 10.1 Å². The van der Waals surface area contributed by atoms with Crippen molar-refractivity contribution >= 4 is 5.69 Å². The van der Waals surface area contributed by atoms with Crippen LogP contribution < -0.4 is 10.1 Å². The molecule has 2 heteroatoms. The van der Waals surface area contributed by atoms with Crippen LogP contribution in [0.1, 0.15) is 18.1 Å². The van der Waals surface area contributed by atoms with Crippen LogP contribution in [-0.2, 0) is 13.0 Å². The first kappa shape index (κ1) is 14.0. The molecule has 0 saturated heterocycles. The number of hydrogen-bond acceptors (Lipinski definition) is 2. The molecule has 0 aliphatic carbocycles. The average Bonchev–Trinajstić information content (AvgIpc) is 2.52. The zero-order valence-corrected chi connectivity index (χ0v) is 11.7. The Morgan fingerprint density at radius 3 is 2.25 bits per heavy atom. The predicted molar refractivity (Wildman–Crippen MR) is 83.9 cm³/mol.